The Morgan fingerprint density at radius 1 is 1.16 bits per heavy atom. The van der Waals surface area contributed by atoms with Gasteiger partial charge in [0.05, 0.1) is 24.3 Å². The molecule has 0 saturated heterocycles. The molecule has 0 aliphatic heterocycles. The van der Waals surface area contributed by atoms with Gasteiger partial charge in [0, 0.05) is 6.42 Å². The molecule has 174 valence electrons. The van der Waals surface area contributed by atoms with Crippen LogP contribution >= 0.6 is 23.2 Å². The number of rotatable bonds is 12. The fourth-order valence-electron chi connectivity index (χ4n) is 3.02. The number of nitrogens with one attached hydrogen (secondary N) is 2. The lowest BCUT2D eigenvalue weighted by atomic mass is 10.1. The van der Waals surface area contributed by atoms with Gasteiger partial charge < -0.3 is 25.2 Å². The van der Waals surface area contributed by atoms with E-state index in [1.54, 1.807) is 0 Å². The maximum absolute atomic E-state index is 12.8. The maximum Gasteiger partial charge on any atom is 0.328 e. The summed E-state index contributed by atoms with van der Waals surface area (Å²) in [5.74, 6) is -1.69. The molecule has 0 saturated carbocycles. The van der Waals surface area contributed by atoms with E-state index in [1.165, 1.54) is 13.2 Å². The Morgan fingerprint density at radius 3 is 2.53 bits per heavy atom. The lowest BCUT2D eigenvalue weighted by Crippen LogP contribution is -2.43. The largest absolute Gasteiger partial charge is 0.505 e. The summed E-state index contributed by atoms with van der Waals surface area (Å²) in [6.45, 7) is 4.16. The molecule has 0 spiro atoms. The van der Waals surface area contributed by atoms with Crippen molar-refractivity contribution in [1.82, 2.24) is 10.6 Å². The van der Waals surface area contributed by atoms with Crippen LogP contribution in [0.1, 0.15) is 35.7 Å². The van der Waals surface area contributed by atoms with E-state index in [0.717, 1.165) is 31.5 Å². The summed E-state index contributed by atoms with van der Waals surface area (Å²) in [4.78, 5) is 25.0. The third kappa shape index (κ3) is 7.29. The van der Waals surface area contributed by atoms with Crippen LogP contribution in [-0.2, 0) is 16.0 Å². The number of carbonyl (C=O) groups is 2. The summed E-state index contributed by atoms with van der Waals surface area (Å²) in [5, 5.41) is 16.2. The van der Waals surface area contributed by atoms with E-state index in [9.17, 15) is 14.7 Å². The van der Waals surface area contributed by atoms with E-state index < -0.39 is 23.7 Å². The monoisotopic (exact) mass is 482 g/mol. The van der Waals surface area contributed by atoms with Crippen LogP contribution in [0.15, 0.2) is 36.4 Å². The van der Waals surface area contributed by atoms with Crippen molar-refractivity contribution in [3.05, 3.63) is 57.6 Å². The van der Waals surface area contributed by atoms with Crippen molar-refractivity contribution in [3.8, 4) is 11.5 Å². The molecule has 2 rings (SSSR count). The van der Waals surface area contributed by atoms with Crippen molar-refractivity contribution in [2.75, 3.05) is 26.8 Å². The van der Waals surface area contributed by atoms with Gasteiger partial charge in [-0.3, -0.25) is 4.79 Å². The number of phenolic OH excluding ortho intramolecular Hbond substituents is 1. The highest BCUT2D eigenvalue weighted by molar-refractivity contribution is 6.39. The van der Waals surface area contributed by atoms with Gasteiger partial charge in [-0.2, -0.15) is 0 Å². The first-order valence-electron chi connectivity index (χ1n) is 10.4. The Kier molecular flexibility index (Phi) is 10.6. The maximum atomic E-state index is 12.8. The first-order valence-corrected chi connectivity index (χ1v) is 11.1. The number of benzene rings is 2. The molecule has 0 bridgehead atoms. The predicted molar refractivity (Wildman–Crippen MR) is 125 cm³/mol. The van der Waals surface area contributed by atoms with Gasteiger partial charge in [0.1, 0.15) is 11.1 Å². The molecule has 2 aromatic carbocycles. The molecular weight excluding hydrogens is 455 g/mol. The lowest BCUT2D eigenvalue weighted by Gasteiger charge is -2.18. The Bertz CT molecular complexity index is 909. The quantitative estimate of drug-likeness (QED) is 0.312. The Labute approximate surface area is 198 Å². The first-order chi connectivity index (χ1) is 15.4. The molecule has 0 radical (unpaired) electrons. The number of esters is 1. The van der Waals surface area contributed by atoms with Gasteiger partial charge in [-0.05, 0) is 37.6 Å². The molecule has 7 nitrogen and oxygen atoms in total. The van der Waals surface area contributed by atoms with Crippen LogP contribution in [0.5, 0.6) is 11.5 Å². The Hall–Kier alpha value is -2.48. The molecule has 0 fully saturated rings. The van der Waals surface area contributed by atoms with Crippen LogP contribution < -0.4 is 15.4 Å². The van der Waals surface area contributed by atoms with Crippen molar-refractivity contribution in [2.24, 2.45) is 0 Å². The first kappa shape index (κ1) is 25.8. The number of amides is 1. The zero-order valence-electron chi connectivity index (χ0n) is 18.1. The van der Waals surface area contributed by atoms with Gasteiger partial charge in [-0.15, -0.1) is 0 Å². The van der Waals surface area contributed by atoms with Gasteiger partial charge in [0.2, 0.25) is 0 Å². The summed E-state index contributed by atoms with van der Waals surface area (Å²) in [7, 11) is 1.24. The zero-order chi connectivity index (χ0) is 23.5. The number of ether oxygens (including phenoxy) is 2. The van der Waals surface area contributed by atoms with Gasteiger partial charge in [0.25, 0.3) is 5.91 Å². The minimum absolute atomic E-state index is 0.0855. The number of hydrogen-bond donors (Lipinski definition) is 3. The summed E-state index contributed by atoms with van der Waals surface area (Å²) in [6.07, 6.45) is 1.89. The Morgan fingerprint density at radius 2 is 1.88 bits per heavy atom. The SMILES string of the molecule is CCNCCCCOc1c(Cl)cc(C(=O)N[C@@H](Cc2ccccc2)C(=O)OC)c(O)c1Cl. The van der Waals surface area contributed by atoms with Gasteiger partial charge in [0.15, 0.2) is 11.5 Å². The highest BCUT2D eigenvalue weighted by atomic mass is 35.5. The lowest BCUT2D eigenvalue weighted by molar-refractivity contribution is -0.142. The second kappa shape index (κ2) is 13.2. The van der Waals surface area contributed by atoms with E-state index in [2.05, 4.69) is 10.6 Å². The fourth-order valence-corrected chi connectivity index (χ4v) is 3.59. The summed E-state index contributed by atoms with van der Waals surface area (Å²) < 4.78 is 10.4. The third-order valence-corrected chi connectivity index (χ3v) is 5.34. The highest BCUT2D eigenvalue weighted by Gasteiger charge is 2.26. The van der Waals surface area contributed by atoms with Gasteiger partial charge in [-0.25, -0.2) is 4.79 Å². The standard InChI is InChI=1S/C23H28Cl2N2O5/c1-3-26-11-7-8-12-32-21-17(24)14-16(20(28)19(21)25)22(29)27-18(23(30)31-2)13-15-9-5-4-6-10-15/h4-6,9-10,14,18,26,28H,3,7-8,11-13H2,1-2H3,(H,27,29)/t18-/m0/s1. The van der Waals surface area contributed by atoms with Crippen LogP contribution in [0, 0.1) is 0 Å². The molecule has 9 heteroatoms. The van der Waals surface area contributed by atoms with Gasteiger partial charge in [-0.1, -0.05) is 60.5 Å². The number of halogens is 2. The molecule has 2 aromatic rings. The predicted octanol–water partition coefficient (Wildman–Crippen LogP) is 3.98. The number of aromatic hydroxyl groups is 1. The molecule has 0 aliphatic rings. The van der Waals surface area contributed by atoms with Crippen molar-refractivity contribution >= 4 is 35.1 Å². The second-order valence-electron chi connectivity index (χ2n) is 7.05. The Balaban J connectivity index is 2.11. The van der Waals surface area contributed by atoms with E-state index in [-0.39, 0.29) is 27.8 Å². The van der Waals surface area contributed by atoms with E-state index in [1.807, 2.05) is 37.3 Å². The molecule has 3 N–H and O–H groups in total. The smallest absolute Gasteiger partial charge is 0.328 e. The average molecular weight is 483 g/mol. The number of methoxy groups -OCH3 is 1. The number of carbonyl (C=O) groups excluding carboxylic acids is 2. The molecule has 0 aliphatic carbocycles. The summed E-state index contributed by atoms with van der Waals surface area (Å²) in [5.41, 5.74) is 0.669. The van der Waals surface area contributed by atoms with E-state index in [4.69, 9.17) is 32.7 Å². The number of unbranched alkanes of at least 4 members (excludes halogenated alkanes) is 1. The minimum Gasteiger partial charge on any atom is -0.505 e. The fraction of sp³-hybridized carbons (Fsp3) is 0.391. The number of hydrogen-bond acceptors (Lipinski definition) is 6. The minimum atomic E-state index is -0.959. The van der Waals surface area contributed by atoms with Crippen molar-refractivity contribution in [3.63, 3.8) is 0 Å². The molecule has 0 aromatic heterocycles. The van der Waals surface area contributed by atoms with Gasteiger partial charge >= 0.3 is 5.97 Å². The van der Waals surface area contributed by atoms with Crippen LogP contribution in [0.25, 0.3) is 0 Å². The molecule has 0 heterocycles. The van der Waals surface area contributed by atoms with E-state index in [0.29, 0.717) is 6.61 Å². The van der Waals surface area contributed by atoms with Crippen LogP contribution in [-0.4, -0.2) is 49.8 Å². The highest BCUT2D eigenvalue weighted by Crippen LogP contribution is 2.42. The van der Waals surface area contributed by atoms with Crippen molar-refractivity contribution < 1.29 is 24.2 Å². The molecular formula is C23H28Cl2N2O5. The zero-order valence-corrected chi connectivity index (χ0v) is 19.6. The van der Waals surface area contributed by atoms with Crippen LogP contribution in [0.3, 0.4) is 0 Å². The van der Waals surface area contributed by atoms with Crippen molar-refractivity contribution in [1.29, 1.82) is 0 Å². The second-order valence-corrected chi connectivity index (χ2v) is 7.83. The molecule has 32 heavy (non-hydrogen) atoms. The molecule has 0 unspecified atom stereocenters. The van der Waals surface area contributed by atoms with Crippen molar-refractivity contribution in [2.45, 2.75) is 32.2 Å². The van der Waals surface area contributed by atoms with E-state index >= 15 is 0 Å². The normalized spacial score (nSPS) is 11.6. The third-order valence-electron chi connectivity index (χ3n) is 4.71. The number of phenols is 1. The average Bonchev–Trinajstić information content (AvgIpc) is 2.80. The molecule has 1 atom stereocenters. The van der Waals surface area contributed by atoms with Crippen LogP contribution in [0.2, 0.25) is 10.0 Å². The summed E-state index contributed by atoms with van der Waals surface area (Å²) in [6, 6.07) is 9.48. The topological polar surface area (TPSA) is 96.9 Å². The summed E-state index contributed by atoms with van der Waals surface area (Å²) >= 11 is 12.5. The van der Waals surface area contributed by atoms with Crippen LogP contribution in [0.4, 0.5) is 0 Å². The molecule has 1 amide bonds.